The summed E-state index contributed by atoms with van der Waals surface area (Å²) >= 11 is 4.18. The van der Waals surface area contributed by atoms with Crippen LogP contribution in [0.3, 0.4) is 0 Å². The van der Waals surface area contributed by atoms with E-state index >= 15 is 0 Å². The Hall–Kier alpha value is 0.110. The maximum Gasteiger partial charge on any atom is 0.143 e. The Bertz CT molecular complexity index is 342. The molecule has 3 heteroatoms. The van der Waals surface area contributed by atoms with Crippen LogP contribution in [0.25, 0.3) is 0 Å². The van der Waals surface area contributed by atoms with Gasteiger partial charge >= 0.3 is 0 Å². The fourth-order valence-corrected chi connectivity index (χ4v) is 6.11. The fourth-order valence-electron chi connectivity index (χ4n) is 2.97. The second-order valence-electron chi connectivity index (χ2n) is 4.93. The van der Waals surface area contributed by atoms with Crippen LogP contribution in [0.4, 0.5) is 0 Å². The van der Waals surface area contributed by atoms with Crippen LogP contribution in [0.2, 0.25) is 0 Å². The van der Waals surface area contributed by atoms with Gasteiger partial charge in [0.25, 0.3) is 0 Å². The Kier molecular flexibility index (Phi) is 2.26. The van der Waals surface area contributed by atoms with E-state index in [0.717, 1.165) is 19.3 Å². The summed E-state index contributed by atoms with van der Waals surface area (Å²) in [6.45, 7) is 2.16. The summed E-state index contributed by atoms with van der Waals surface area (Å²) in [5, 5.41) is 0. The fraction of sp³-hybridized carbons (Fsp3) is 0.750. The van der Waals surface area contributed by atoms with Crippen molar-refractivity contribution in [3.8, 4) is 0 Å². The molecule has 3 rings (SSSR count). The molecule has 1 atom stereocenters. The maximum absolute atomic E-state index is 11.9. The second kappa shape index (κ2) is 3.30. The van der Waals surface area contributed by atoms with E-state index in [1.165, 1.54) is 23.5 Å². The number of allylic oxidation sites excluding steroid dienone is 1. The van der Waals surface area contributed by atoms with Gasteiger partial charge in [-0.05, 0) is 26.2 Å². The van der Waals surface area contributed by atoms with E-state index in [2.05, 4.69) is 36.5 Å². The average molecular weight is 240 g/mol. The largest absolute Gasteiger partial charge is 0.299 e. The molecule has 0 amide bonds. The molecule has 1 saturated carbocycles. The van der Waals surface area contributed by atoms with E-state index in [4.69, 9.17) is 0 Å². The number of ketones is 1. The van der Waals surface area contributed by atoms with Gasteiger partial charge in [-0.1, -0.05) is 11.6 Å². The monoisotopic (exact) mass is 240 g/mol. The van der Waals surface area contributed by atoms with Crippen LogP contribution in [0.1, 0.15) is 32.6 Å². The number of carbonyl (C=O) groups is 1. The second-order valence-corrected chi connectivity index (χ2v) is 8.04. The van der Waals surface area contributed by atoms with Crippen LogP contribution in [0.5, 0.6) is 0 Å². The van der Waals surface area contributed by atoms with Crippen molar-refractivity contribution in [2.45, 2.75) is 36.7 Å². The minimum absolute atomic E-state index is 0.0744. The predicted molar refractivity (Wildman–Crippen MR) is 67.3 cm³/mol. The molecule has 0 aromatic heterocycles. The zero-order valence-electron chi connectivity index (χ0n) is 9.04. The molecule has 2 aliphatic carbocycles. The SMILES string of the molecule is CC12CCC3(C=C1CCC2=O)SCCS3. The van der Waals surface area contributed by atoms with E-state index in [1.54, 1.807) is 0 Å². The van der Waals surface area contributed by atoms with Crippen LogP contribution in [0.15, 0.2) is 11.6 Å². The summed E-state index contributed by atoms with van der Waals surface area (Å²) < 4.78 is 0.347. The van der Waals surface area contributed by atoms with Gasteiger partial charge in [-0.3, -0.25) is 4.79 Å². The van der Waals surface area contributed by atoms with Crippen molar-refractivity contribution >= 4 is 29.3 Å². The van der Waals surface area contributed by atoms with Gasteiger partial charge in [0.1, 0.15) is 5.78 Å². The minimum Gasteiger partial charge on any atom is -0.299 e. The first-order chi connectivity index (χ1) is 7.15. The van der Waals surface area contributed by atoms with E-state index in [-0.39, 0.29) is 5.41 Å². The average Bonchev–Trinajstić information content (AvgIpc) is 2.78. The molecule has 0 radical (unpaired) electrons. The third-order valence-electron chi connectivity index (χ3n) is 4.09. The molecular weight excluding hydrogens is 224 g/mol. The van der Waals surface area contributed by atoms with Crippen molar-refractivity contribution in [1.82, 2.24) is 0 Å². The first-order valence-electron chi connectivity index (χ1n) is 5.68. The molecule has 1 unspecified atom stereocenters. The van der Waals surface area contributed by atoms with E-state index < -0.39 is 0 Å². The molecule has 1 spiro atoms. The standard InChI is InChI=1S/C12H16OS2/c1-11-4-5-12(14-6-7-15-12)8-9(11)2-3-10(11)13/h8H,2-7H2,1H3. The quantitative estimate of drug-likeness (QED) is 0.605. The van der Waals surface area contributed by atoms with Crippen molar-refractivity contribution in [2.24, 2.45) is 5.41 Å². The van der Waals surface area contributed by atoms with Crippen molar-refractivity contribution in [1.29, 1.82) is 0 Å². The lowest BCUT2D eigenvalue weighted by molar-refractivity contribution is -0.124. The maximum atomic E-state index is 11.9. The molecule has 3 aliphatic rings. The molecule has 0 bridgehead atoms. The van der Waals surface area contributed by atoms with E-state index in [0.29, 0.717) is 9.86 Å². The van der Waals surface area contributed by atoms with Crippen LogP contribution in [-0.2, 0) is 4.79 Å². The summed E-state index contributed by atoms with van der Waals surface area (Å²) in [6, 6.07) is 0. The van der Waals surface area contributed by atoms with Gasteiger partial charge in [-0.15, -0.1) is 23.5 Å². The first-order valence-corrected chi connectivity index (χ1v) is 7.65. The summed E-state index contributed by atoms with van der Waals surface area (Å²) in [4.78, 5) is 11.9. The van der Waals surface area contributed by atoms with Gasteiger partial charge < -0.3 is 0 Å². The lowest BCUT2D eigenvalue weighted by Crippen LogP contribution is -2.32. The van der Waals surface area contributed by atoms with Crippen molar-refractivity contribution in [3.05, 3.63) is 11.6 Å². The number of hydrogen-bond donors (Lipinski definition) is 0. The van der Waals surface area contributed by atoms with Crippen LogP contribution >= 0.6 is 23.5 Å². The molecule has 2 fully saturated rings. The lowest BCUT2D eigenvalue weighted by atomic mass is 9.75. The van der Waals surface area contributed by atoms with Crippen molar-refractivity contribution in [2.75, 3.05) is 11.5 Å². The summed E-state index contributed by atoms with van der Waals surface area (Å²) in [5.74, 6) is 3.04. The van der Waals surface area contributed by atoms with Crippen molar-refractivity contribution < 1.29 is 4.79 Å². The lowest BCUT2D eigenvalue weighted by Gasteiger charge is -2.37. The predicted octanol–water partition coefficient (Wildman–Crippen LogP) is 3.25. The Morgan fingerprint density at radius 1 is 1.20 bits per heavy atom. The zero-order valence-corrected chi connectivity index (χ0v) is 10.7. The molecule has 1 aliphatic heterocycles. The number of carbonyl (C=O) groups excluding carboxylic acids is 1. The van der Waals surface area contributed by atoms with Crippen molar-refractivity contribution in [3.63, 3.8) is 0 Å². The number of hydrogen-bond acceptors (Lipinski definition) is 3. The van der Waals surface area contributed by atoms with Gasteiger partial charge in [-0.2, -0.15) is 0 Å². The van der Waals surface area contributed by atoms with Crippen LogP contribution in [0, 0.1) is 5.41 Å². The third-order valence-corrected chi connectivity index (χ3v) is 7.49. The molecule has 82 valence electrons. The minimum atomic E-state index is -0.0744. The third kappa shape index (κ3) is 1.42. The highest BCUT2D eigenvalue weighted by Crippen LogP contribution is 2.57. The Morgan fingerprint density at radius 2 is 1.93 bits per heavy atom. The molecule has 0 aromatic carbocycles. The number of thioether (sulfide) groups is 2. The highest BCUT2D eigenvalue weighted by molar-refractivity contribution is 8.21. The number of fused-ring (bicyclic) bond motifs is 1. The molecule has 0 aromatic rings. The van der Waals surface area contributed by atoms with Gasteiger partial charge in [0.2, 0.25) is 0 Å². The topological polar surface area (TPSA) is 17.1 Å². The van der Waals surface area contributed by atoms with E-state index in [1.807, 2.05) is 0 Å². The Labute approximate surface area is 99.5 Å². The summed E-state index contributed by atoms with van der Waals surface area (Å²) in [7, 11) is 0. The molecular formula is C12H16OS2. The van der Waals surface area contributed by atoms with Crippen LogP contribution < -0.4 is 0 Å². The van der Waals surface area contributed by atoms with Gasteiger partial charge in [0.15, 0.2) is 0 Å². The number of rotatable bonds is 0. The Balaban J connectivity index is 1.98. The molecule has 1 nitrogen and oxygen atoms in total. The van der Waals surface area contributed by atoms with E-state index in [9.17, 15) is 4.79 Å². The highest BCUT2D eigenvalue weighted by atomic mass is 32.2. The van der Waals surface area contributed by atoms with Gasteiger partial charge in [0.05, 0.1) is 4.08 Å². The molecule has 0 N–H and O–H groups in total. The summed E-state index contributed by atoms with van der Waals surface area (Å²) in [6.07, 6.45) is 6.53. The molecule has 1 saturated heterocycles. The molecule has 15 heavy (non-hydrogen) atoms. The highest BCUT2D eigenvalue weighted by Gasteiger charge is 2.49. The first kappa shape index (κ1) is 10.3. The number of Topliss-reactive ketones (excluding diaryl/α,β-unsaturated/α-hetero) is 1. The molecule has 1 heterocycles. The van der Waals surface area contributed by atoms with Crippen LogP contribution in [-0.4, -0.2) is 21.4 Å². The summed E-state index contributed by atoms with van der Waals surface area (Å²) in [5.41, 5.74) is 1.37. The smallest absolute Gasteiger partial charge is 0.143 e. The van der Waals surface area contributed by atoms with Gasteiger partial charge in [-0.25, -0.2) is 0 Å². The zero-order chi connectivity index (χ0) is 10.5. The van der Waals surface area contributed by atoms with Gasteiger partial charge in [0, 0.05) is 23.3 Å². The Morgan fingerprint density at radius 3 is 2.67 bits per heavy atom. The normalized spacial score (nSPS) is 38.2.